The molecule has 2 N–H and O–H groups in total. The maximum absolute atomic E-state index is 12.3. The van der Waals surface area contributed by atoms with E-state index in [4.69, 9.17) is 0 Å². The van der Waals surface area contributed by atoms with Gasteiger partial charge in [-0.2, -0.15) is 0 Å². The molecular formula is C14H19N3O. The summed E-state index contributed by atoms with van der Waals surface area (Å²) in [5.74, 6) is 1.07. The van der Waals surface area contributed by atoms with Gasteiger partial charge in [-0.1, -0.05) is 19.3 Å². The maximum Gasteiger partial charge on any atom is 0.229 e. The molecule has 1 aliphatic carbocycles. The molecule has 2 heterocycles. The van der Waals surface area contributed by atoms with E-state index in [2.05, 4.69) is 15.6 Å². The second-order valence-electron chi connectivity index (χ2n) is 5.34. The summed E-state index contributed by atoms with van der Waals surface area (Å²) >= 11 is 0. The standard InChI is InChI=1S/C14H19N3O/c1-9-7-8-15-13-12(9)17-14(18)10-5-3-2-4-6-11(10)16-13/h7-8,10-11H,2-6H2,1H3,(H,15,16)(H,17,18). The third-order valence-corrected chi connectivity index (χ3v) is 4.08. The van der Waals surface area contributed by atoms with Crippen molar-refractivity contribution in [3.8, 4) is 0 Å². The zero-order chi connectivity index (χ0) is 12.5. The van der Waals surface area contributed by atoms with Crippen LogP contribution < -0.4 is 10.6 Å². The van der Waals surface area contributed by atoms with Crippen molar-refractivity contribution in [1.29, 1.82) is 0 Å². The van der Waals surface area contributed by atoms with Gasteiger partial charge in [0.25, 0.3) is 0 Å². The van der Waals surface area contributed by atoms with Crippen molar-refractivity contribution in [2.75, 3.05) is 10.6 Å². The predicted molar refractivity (Wildman–Crippen MR) is 71.6 cm³/mol. The van der Waals surface area contributed by atoms with Crippen LogP contribution in [0.5, 0.6) is 0 Å². The van der Waals surface area contributed by atoms with E-state index in [0.29, 0.717) is 0 Å². The van der Waals surface area contributed by atoms with Crippen LogP contribution >= 0.6 is 0 Å². The van der Waals surface area contributed by atoms with Crippen LogP contribution in [0.15, 0.2) is 12.3 Å². The molecule has 1 fully saturated rings. The topological polar surface area (TPSA) is 54.0 Å². The van der Waals surface area contributed by atoms with E-state index in [9.17, 15) is 4.79 Å². The highest BCUT2D eigenvalue weighted by molar-refractivity contribution is 5.98. The molecule has 0 saturated heterocycles. The van der Waals surface area contributed by atoms with E-state index in [1.54, 1.807) is 6.20 Å². The second-order valence-corrected chi connectivity index (χ2v) is 5.34. The number of anilines is 2. The molecule has 1 amide bonds. The number of amides is 1. The minimum Gasteiger partial charge on any atom is -0.365 e. The lowest BCUT2D eigenvalue weighted by atomic mass is 9.94. The Morgan fingerprint density at radius 1 is 1.28 bits per heavy atom. The number of nitrogens with one attached hydrogen (secondary N) is 2. The zero-order valence-electron chi connectivity index (χ0n) is 10.7. The van der Waals surface area contributed by atoms with Gasteiger partial charge >= 0.3 is 0 Å². The van der Waals surface area contributed by atoms with Crippen LogP contribution in [0.2, 0.25) is 0 Å². The highest BCUT2D eigenvalue weighted by atomic mass is 16.2. The van der Waals surface area contributed by atoms with Crippen LogP contribution in [0.4, 0.5) is 11.5 Å². The molecule has 0 aromatic carbocycles. The number of hydrogen-bond acceptors (Lipinski definition) is 3. The first-order valence-corrected chi connectivity index (χ1v) is 6.79. The molecule has 0 spiro atoms. The lowest BCUT2D eigenvalue weighted by Gasteiger charge is -2.21. The van der Waals surface area contributed by atoms with Crippen LogP contribution in [0.3, 0.4) is 0 Å². The summed E-state index contributed by atoms with van der Waals surface area (Å²) in [5, 5.41) is 6.53. The van der Waals surface area contributed by atoms with Crippen molar-refractivity contribution in [2.45, 2.75) is 45.1 Å². The molecule has 96 valence electrons. The monoisotopic (exact) mass is 245 g/mol. The second kappa shape index (κ2) is 4.59. The molecule has 1 aliphatic heterocycles. The molecule has 0 radical (unpaired) electrons. The first kappa shape index (κ1) is 11.5. The number of carbonyl (C=O) groups is 1. The molecule has 1 aromatic rings. The Labute approximate surface area is 107 Å². The molecule has 18 heavy (non-hydrogen) atoms. The van der Waals surface area contributed by atoms with Crippen LogP contribution in [-0.2, 0) is 4.79 Å². The van der Waals surface area contributed by atoms with Gasteiger partial charge in [0.1, 0.15) is 5.82 Å². The largest absolute Gasteiger partial charge is 0.365 e. The summed E-state index contributed by atoms with van der Waals surface area (Å²) in [5.41, 5.74) is 1.92. The van der Waals surface area contributed by atoms with Gasteiger partial charge in [0.2, 0.25) is 5.91 Å². The average Bonchev–Trinajstić information content (AvgIpc) is 2.64. The Balaban J connectivity index is 1.98. The molecule has 4 nitrogen and oxygen atoms in total. The third-order valence-electron chi connectivity index (χ3n) is 4.08. The van der Waals surface area contributed by atoms with Gasteiger partial charge < -0.3 is 10.6 Å². The van der Waals surface area contributed by atoms with Crippen molar-refractivity contribution >= 4 is 17.4 Å². The Kier molecular flexibility index (Phi) is 2.94. The molecule has 2 atom stereocenters. The van der Waals surface area contributed by atoms with E-state index in [-0.39, 0.29) is 17.9 Å². The molecule has 2 aliphatic rings. The van der Waals surface area contributed by atoms with Gasteiger partial charge in [-0.3, -0.25) is 4.79 Å². The van der Waals surface area contributed by atoms with Gasteiger partial charge in [0, 0.05) is 12.2 Å². The molecule has 4 heteroatoms. The van der Waals surface area contributed by atoms with Gasteiger partial charge in [0.05, 0.1) is 11.6 Å². The summed E-state index contributed by atoms with van der Waals surface area (Å²) < 4.78 is 0. The number of nitrogens with zero attached hydrogens (tertiary/aromatic N) is 1. The van der Waals surface area contributed by atoms with E-state index in [0.717, 1.165) is 36.3 Å². The van der Waals surface area contributed by atoms with Gasteiger partial charge in [-0.15, -0.1) is 0 Å². The number of aryl methyl sites for hydroxylation is 1. The van der Waals surface area contributed by atoms with E-state index < -0.39 is 0 Å². The quantitative estimate of drug-likeness (QED) is 0.739. The summed E-state index contributed by atoms with van der Waals surface area (Å²) in [6.45, 7) is 2.00. The maximum atomic E-state index is 12.3. The normalized spacial score (nSPS) is 27.1. The van der Waals surface area contributed by atoms with Gasteiger partial charge in [0.15, 0.2) is 0 Å². The Bertz CT molecular complexity index is 472. The number of fused-ring (bicyclic) bond motifs is 2. The van der Waals surface area contributed by atoms with Crippen molar-refractivity contribution in [3.05, 3.63) is 17.8 Å². The first-order chi connectivity index (χ1) is 8.75. The summed E-state index contributed by atoms with van der Waals surface area (Å²) in [6, 6.07) is 2.17. The van der Waals surface area contributed by atoms with Crippen molar-refractivity contribution in [2.24, 2.45) is 5.92 Å². The smallest absolute Gasteiger partial charge is 0.229 e. The SMILES string of the molecule is Cc1ccnc2c1NC(=O)C1CCCCCC1N2. The number of hydrogen-bond donors (Lipinski definition) is 2. The molecule has 3 rings (SSSR count). The fourth-order valence-corrected chi connectivity index (χ4v) is 3.01. The van der Waals surface area contributed by atoms with Crippen molar-refractivity contribution in [1.82, 2.24) is 4.98 Å². The highest BCUT2D eigenvalue weighted by Crippen LogP contribution is 2.34. The average molecular weight is 245 g/mol. The fraction of sp³-hybridized carbons (Fsp3) is 0.571. The summed E-state index contributed by atoms with van der Waals surface area (Å²) in [4.78, 5) is 16.7. The fourth-order valence-electron chi connectivity index (χ4n) is 3.01. The Hall–Kier alpha value is -1.58. The molecule has 0 bridgehead atoms. The van der Waals surface area contributed by atoms with E-state index in [1.165, 1.54) is 12.8 Å². The minimum atomic E-state index is 0.0844. The van der Waals surface area contributed by atoms with E-state index in [1.807, 2.05) is 13.0 Å². The predicted octanol–water partition coefficient (Wildman–Crippen LogP) is 2.70. The van der Waals surface area contributed by atoms with Gasteiger partial charge in [-0.05, 0) is 31.4 Å². The van der Waals surface area contributed by atoms with Crippen molar-refractivity contribution in [3.63, 3.8) is 0 Å². The van der Waals surface area contributed by atoms with Gasteiger partial charge in [-0.25, -0.2) is 4.98 Å². The number of pyridine rings is 1. The first-order valence-electron chi connectivity index (χ1n) is 6.79. The van der Waals surface area contributed by atoms with E-state index >= 15 is 0 Å². The number of carbonyl (C=O) groups excluding carboxylic acids is 1. The van der Waals surface area contributed by atoms with Crippen LogP contribution in [0.25, 0.3) is 0 Å². The third kappa shape index (κ3) is 1.96. The summed E-state index contributed by atoms with van der Waals surface area (Å²) in [6.07, 6.45) is 7.42. The Morgan fingerprint density at radius 3 is 3.00 bits per heavy atom. The van der Waals surface area contributed by atoms with Crippen molar-refractivity contribution < 1.29 is 4.79 Å². The molecule has 1 saturated carbocycles. The number of rotatable bonds is 0. The lowest BCUT2D eigenvalue weighted by Crippen LogP contribution is -2.34. The molecule has 1 aromatic heterocycles. The molecule has 2 unspecified atom stereocenters. The lowest BCUT2D eigenvalue weighted by molar-refractivity contribution is -0.120. The zero-order valence-corrected chi connectivity index (χ0v) is 10.7. The Morgan fingerprint density at radius 2 is 2.11 bits per heavy atom. The molecular weight excluding hydrogens is 226 g/mol. The summed E-state index contributed by atoms with van der Waals surface area (Å²) in [7, 11) is 0. The number of aromatic nitrogens is 1. The highest BCUT2D eigenvalue weighted by Gasteiger charge is 2.33. The van der Waals surface area contributed by atoms with Crippen LogP contribution in [-0.4, -0.2) is 16.9 Å². The van der Waals surface area contributed by atoms with Crippen LogP contribution in [0, 0.1) is 12.8 Å². The van der Waals surface area contributed by atoms with Crippen LogP contribution in [0.1, 0.15) is 37.7 Å². The minimum absolute atomic E-state index is 0.0844.